The Labute approximate surface area is 74.2 Å². The molecule has 1 atom stereocenters. The van der Waals surface area contributed by atoms with Crippen LogP contribution in [-0.2, 0) is 0 Å². The smallest absolute Gasteiger partial charge is 0.0762 e. The minimum Gasteiger partial charge on any atom is -0.389 e. The van der Waals surface area contributed by atoms with E-state index in [2.05, 4.69) is 22.6 Å². The minimum absolute atomic E-state index is 0.352. The van der Waals surface area contributed by atoms with Gasteiger partial charge in [-0.3, -0.25) is 0 Å². The summed E-state index contributed by atoms with van der Waals surface area (Å²) >= 11 is 2.23. The SMILES string of the molecule is C[C@@H](O)c1cccc(I)c1. The molecule has 0 aliphatic heterocycles. The fourth-order valence-electron chi connectivity index (χ4n) is 0.766. The fraction of sp³-hybridized carbons (Fsp3) is 0.250. The average Bonchev–Trinajstić information content (AvgIpc) is 1.88. The van der Waals surface area contributed by atoms with Gasteiger partial charge in [0.05, 0.1) is 6.10 Å². The van der Waals surface area contributed by atoms with Crippen molar-refractivity contribution in [2.24, 2.45) is 0 Å². The Hall–Kier alpha value is -0.0900. The van der Waals surface area contributed by atoms with Crippen molar-refractivity contribution in [2.45, 2.75) is 13.0 Å². The van der Waals surface area contributed by atoms with Gasteiger partial charge in [0.1, 0.15) is 0 Å². The quantitative estimate of drug-likeness (QED) is 0.756. The Morgan fingerprint density at radius 3 is 2.60 bits per heavy atom. The third-order valence-corrected chi connectivity index (χ3v) is 2.00. The lowest BCUT2D eigenvalue weighted by molar-refractivity contribution is 0.199. The maximum Gasteiger partial charge on any atom is 0.0762 e. The van der Waals surface area contributed by atoms with E-state index in [4.69, 9.17) is 5.11 Å². The molecule has 0 fully saturated rings. The van der Waals surface area contributed by atoms with Gasteiger partial charge in [0.15, 0.2) is 0 Å². The van der Waals surface area contributed by atoms with E-state index in [9.17, 15) is 0 Å². The highest BCUT2D eigenvalue weighted by Gasteiger charge is 1.98. The summed E-state index contributed by atoms with van der Waals surface area (Å²) in [7, 11) is 0. The fourth-order valence-corrected chi connectivity index (χ4v) is 1.33. The molecular weight excluding hydrogens is 239 g/mol. The first-order valence-electron chi connectivity index (χ1n) is 3.13. The summed E-state index contributed by atoms with van der Waals surface area (Å²) in [6.07, 6.45) is -0.352. The van der Waals surface area contributed by atoms with E-state index in [0.29, 0.717) is 0 Å². The van der Waals surface area contributed by atoms with Crippen LogP contribution in [0.2, 0.25) is 0 Å². The van der Waals surface area contributed by atoms with Crippen LogP contribution in [0.5, 0.6) is 0 Å². The average molecular weight is 248 g/mol. The van der Waals surface area contributed by atoms with Crippen LogP contribution in [-0.4, -0.2) is 5.11 Å². The van der Waals surface area contributed by atoms with Gasteiger partial charge in [-0.25, -0.2) is 0 Å². The molecular formula is C8H9IO. The Morgan fingerprint density at radius 2 is 2.20 bits per heavy atom. The molecule has 1 aromatic rings. The summed E-state index contributed by atoms with van der Waals surface area (Å²) in [6, 6.07) is 7.86. The van der Waals surface area contributed by atoms with E-state index in [1.54, 1.807) is 6.92 Å². The number of hydrogen-bond donors (Lipinski definition) is 1. The van der Waals surface area contributed by atoms with Crippen LogP contribution in [0.3, 0.4) is 0 Å². The molecule has 1 aromatic carbocycles. The van der Waals surface area contributed by atoms with Crippen LogP contribution in [0.25, 0.3) is 0 Å². The minimum atomic E-state index is -0.352. The van der Waals surface area contributed by atoms with Crippen molar-refractivity contribution >= 4 is 22.6 Å². The Morgan fingerprint density at radius 1 is 1.50 bits per heavy atom. The topological polar surface area (TPSA) is 20.2 Å². The zero-order valence-corrected chi connectivity index (χ0v) is 7.87. The number of rotatable bonds is 1. The van der Waals surface area contributed by atoms with Crippen LogP contribution in [0.15, 0.2) is 24.3 Å². The van der Waals surface area contributed by atoms with E-state index >= 15 is 0 Å². The van der Waals surface area contributed by atoms with E-state index in [1.807, 2.05) is 24.3 Å². The van der Waals surface area contributed by atoms with Crippen molar-refractivity contribution in [3.8, 4) is 0 Å². The summed E-state index contributed by atoms with van der Waals surface area (Å²) in [6.45, 7) is 1.77. The highest BCUT2D eigenvalue weighted by molar-refractivity contribution is 14.1. The molecule has 0 heterocycles. The zero-order valence-electron chi connectivity index (χ0n) is 5.71. The molecule has 54 valence electrons. The summed E-state index contributed by atoms with van der Waals surface area (Å²) in [4.78, 5) is 0. The number of aliphatic hydroxyl groups is 1. The second-order valence-corrected chi connectivity index (χ2v) is 3.48. The van der Waals surface area contributed by atoms with Gasteiger partial charge in [-0.2, -0.15) is 0 Å². The molecule has 0 bridgehead atoms. The lowest BCUT2D eigenvalue weighted by Gasteiger charge is -2.02. The molecule has 0 saturated carbocycles. The lowest BCUT2D eigenvalue weighted by Crippen LogP contribution is -1.89. The van der Waals surface area contributed by atoms with Gasteiger partial charge in [-0.15, -0.1) is 0 Å². The molecule has 0 amide bonds. The van der Waals surface area contributed by atoms with Crippen LogP contribution >= 0.6 is 22.6 Å². The zero-order chi connectivity index (χ0) is 7.56. The van der Waals surface area contributed by atoms with E-state index in [0.717, 1.165) is 9.13 Å². The van der Waals surface area contributed by atoms with Crippen molar-refractivity contribution in [1.29, 1.82) is 0 Å². The molecule has 1 rings (SSSR count). The molecule has 2 heteroatoms. The number of hydrogen-bond acceptors (Lipinski definition) is 1. The monoisotopic (exact) mass is 248 g/mol. The summed E-state index contributed by atoms with van der Waals surface area (Å²) in [5.41, 5.74) is 0.979. The molecule has 0 spiro atoms. The number of aliphatic hydroxyl groups excluding tert-OH is 1. The van der Waals surface area contributed by atoms with Gasteiger partial charge in [0.2, 0.25) is 0 Å². The van der Waals surface area contributed by atoms with Gasteiger partial charge >= 0.3 is 0 Å². The molecule has 10 heavy (non-hydrogen) atoms. The maximum atomic E-state index is 9.14. The van der Waals surface area contributed by atoms with Crippen molar-refractivity contribution in [2.75, 3.05) is 0 Å². The Kier molecular flexibility index (Phi) is 2.68. The molecule has 0 radical (unpaired) electrons. The van der Waals surface area contributed by atoms with Gasteiger partial charge in [0.25, 0.3) is 0 Å². The first kappa shape index (κ1) is 8.01. The summed E-state index contributed by atoms with van der Waals surface area (Å²) in [5.74, 6) is 0. The van der Waals surface area contributed by atoms with Crippen molar-refractivity contribution in [1.82, 2.24) is 0 Å². The van der Waals surface area contributed by atoms with Gasteiger partial charge in [-0.1, -0.05) is 12.1 Å². The van der Waals surface area contributed by atoms with Crippen LogP contribution in [0.1, 0.15) is 18.6 Å². The molecule has 1 nitrogen and oxygen atoms in total. The molecule has 1 N–H and O–H groups in total. The lowest BCUT2D eigenvalue weighted by atomic mass is 10.1. The number of halogens is 1. The van der Waals surface area contributed by atoms with Gasteiger partial charge in [-0.05, 0) is 47.2 Å². The molecule has 0 aromatic heterocycles. The van der Waals surface area contributed by atoms with Crippen LogP contribution < -0.4 is 0 Å². The van der Waals surface area contributed by atoms with E-state index in [1.165, 1.54) is 0 Å². The van der Waals surface area contributed by atoms with Crippen LogP contribution in [0, 0.1) is 3.57 Å². The third-order valence-electron chi connectivity index (χ3n) is 1.33. The van der Waals surface area contributed by atoms with E-state index < -0.39 is 0 Å². The van der Waals surface area contributed by atoms with Crippen molar-refractivity contribution in [3.63, 3.8) is 0 Å². The predicted octanol–water partition coefficient (Wildman–Crippen LogP) is 2.34. The van der Waals surface area contributed by atoms with Crippen molar-refractivity contribution < 1.29 is 5.11 Å². The largest absolute Gasteiger partial charge is 0.389 e. The predicted molar refractivity (Wildman–Crippen MR) is 49.8 cm³/mol. The Balaban J connectivity index is 2.96. The molecule has 0 saturated heterocycles. The Bertz CT molecular complexity index is 220. The second-order valence-electron chi connectivity index (χ2n) is 2.23. The first-order chi connectivity index (χ1) is 4.70. The van der Waals surface area contributed by atoms with Gasteiger partial charge in [0, 0.05) is 3.57 Å². The van der Waals surface area contributed by atoms with Crippen LogP contribution in [0.4, 0.5) is 0 Å². The maximum absolute atomic E-state index is 9.14. The summed E-state index contributed by atoms with van der Waals surface area (Å²) < 4.78 is 1.16. The molecule has 0 unspecified atom stereocenters. The highest BCUT2D eigenvalue weighted by atomic mass is 127. The third kappa shape index (κ3) is 1.95. The highest BCUT2D eigenvalue weighted by Crippen LogP contribution is 2.14. The second kappa shape index (κ2) is 3.34. The molecule has 0 aliphatic rings. The van der Waals surface area contributed by atoms with Gasteiger partial charge < -0.3 is 5.11 Å². The number of benzene rings is 1. The normalized spacial score (nSPS) is 13.1. The standard InChI is InChI=1S/C8H9IO/c1-6(10)7-3-2-4-8(9)5-7/h2-6,10H,1H3/t6-/m1/s1. The van der Waals surface area contributed by atoms with Crippen molar-refractivity contribution in [3.05, 3.63) is 33.4 Å². The summed E-state index contributed by atoms with van der Waals surface area (Å²) in [5, 5.41) is 9.14. The van der Waals surface area contributed by atoms with E-state index in [-0.39, 0.29) is 6.10 Å². The first-order valence-corrected chi connectivity index (χ1v) is 4.21. The molecule has 0 aliphatic carbocycles.